The molecule has 0 N–H and O–H groups in total. The molecule has 0 saturated carbocycles. The molecule has 26 heavy (non-hydrogen) atoms. The van der Waals surface area contributed by atoms with Crippen LogP contribution in [0.15, 0.2) is 42.7 Å². The largest absolute Gasteiger partial charge is 0.334 e. The van der Waals surface area contributed by atoms with Crippen molar-refractivity contribution in [1.29, 1.82) is 0 Å². The van der Waals surface area contributed by atoms with Crippen molar-refractivity contribution in [3.05, 3.63) is 70.1 Å². The first-order valence-electron chi connectivity index (χ1n) is 8.71. The molecule has 1 aromatic carbocycles. The van der Waals surface area contributed by atoms with Gasteiger partial charge in [-0.25, -0.2) is 4.98 Å². The molecule has 134 valence electrons. The van der Waals surface area contributed by atoms with Crippen LogP contribution in [0.2, 0.25) is 5.15 Å². The normalized spacial score (nSPS) is 10.9. The Bertz CT molecular complexity index is 941. The highest BCUT2D eigenvalue weighted by Crippen LogP contribution is 2.25. The van der Waals surface area contributed by atoms with Crippen molar-refractivity contribution in [3.8, 4) is 0 Å². The van der Waals surface area contributed by atoms with E-state index in [1.807, 2.05) is 31.2 Å². The van der Waals surface area contributed by atoms with Gasteiger partial charge in [0.25, 0.3) is 0 Å². The lowest BCUT2D eigenvalue weighted by atomic mass is 10.0. The molecule has 0 spiro atoms. The van der Waals surface area contributed by atoms with Crippen molar-refractivity contribution in [1.82, 2.24) is 14.9 Å². The van der Waals surface area contributed by atoms with Gasteiger partial charge in [-0.05, 0) is 54.8 Å². The summed E-state index contributed by atoms with van der Waals surface area (Å²) in [6.07, 6.45) is 3.95. The van der Waals surface area contributed by atoms with Crippen LogP contribution in [-0.2, 0) is 17.9 Å². The molecule has 0 aliphatic carbocycles. The van der Waals surface area contributed by atoms with Crippen LogP contribution in [-0.4, -0.2) is 20.8 Å². The lowest BCUT2D eigenvalue weighted by Crippen LogP contribution is -2.29. The van der Waals surface area contributed by atoms with Gasteiger partial charge in [-0.3, -0.25) is 9.78 Å². The van der Waals surface area contributed by atoms with Crippen molar-refractivity contribution >= 4 is 28.4 Å². The van der Waals surface area contributed by atoms with Gasteiger partial charge in [0.15, 0.2) is 0 Å². The van der Waals surface area contributed by atoms with Crippen LogP contribution in [0.3, 0.4) is 0 Å². The van der Waals surface area contributed by atoms with E-state index in [4.69, 9.17) is 11.6 Å². The molecule has 0 bridgehead atoms. The molecule has 0 fully saturated rings. The Morgan fingerprint density at radius 1 is 1.15 bits per heavy atom. The van der Waals surface area contributed by atoms with Crippen LogP contribution in [0.25, 0.3) is 10.9 Å². The van der Waals surface area contributed by atoms with Gasteiger partial charge < -0.3 is 4.90 Å². The summed E-state index contributed by atoms with van der Waals surface area (Å²) >= 11 is 6.43. The number of carbonyl (C=O) groups excluding carboxylic acids is 1. The molecule has 3 rings (SSSR count). The molecule has 2 heterocycles. The number of fused-ring (bicyclic) bond motifs is 1. The molecule has 5 heteroatoms. The van der Waals surface area contributed by atoms with E-state index in [-0.39, 0.29) is 5.91 Å². The standard InChI is InChI=1S/C21H22ClN3O/c1-4-20(26)25(12-16-6-5-7-23-11-16)13-18-10-17-8-14(2)15(3)9-19(17)24-21(18)22/h5-11H,4,12-13H2,1-3H3. The van der Waals surface area contributed by atoms with Gasteiger partial charge in [-0.15, -0.1) is 0 Å². The minimum atomic E-state index is 0.0742. The van der Waals surface area contributed by atoms with Crippen molar-refractivity contribution in [2.75, 3.05) is 0 Å². The second-order valence-electron chi connectivity index (χ2n) is 6.53. The summed E-state index contributed by atoms with van der Waals surface area (Å²) in [6, 6.07) is 10.0. The number of rotatable bonds is 5. The first kappa shape index (κ1) is 18.3. The van der Waals surface area contributed by atoms with E-state index < -0.39 is 0 Å². The van der Waals surface area contributed by atoms with Crippen LogP contribution in [0.4, 0.5) is 0 Å². The van der Waals surface area contributed by atoms with E-state index in [0.29, 0.717) is 24.7 Å². The number of carbonyl (C=O) groups is 1. The number of aryl methyl sites for hydroxylation is 2. The van der Waals surface area contributed by atoms with E-state index in [0.717, 1.165) is 22.0 Å². The molecular formula is C21H22ClN3O. The second kappa shape index (κ2) is 7.83. The lowest BCUT2D eigenvalue weighted by molar-refractivity contribution is -0.132. The smallest absolute Gasteiger partial charge is 0.222 e. The molecule has 4 nitrogen and oxygen atoms in total. The number of halogens is 1. The number of aromatic nitrogens is 2. The molecule has 0 radical (unpaired) electrons. The van der Waals surface area contributed by atoms with E-state index >= 15 is 0 Å². The molecule has 0 aliphatic heterocycles. The summed E-state index contributed by atoms with van der Waals surface area (Å²) in [7, 11) is 0. The maximum absolute atomic E-state index is 12.4. The minimum Gasteiger partial charge on any atom is -0.334 e. The van der Waals surface area contributed by atoms with E-state index in [1.165, 1.54) is 11.1 Å². The van der Waals surface area contributed by atoms with E-state index in [9.17, 15) is 4.79 Å². The first-order valence-corrected chi connectivity index (χ1v) is 9.08. The molecule has 0 unspecified atom stereocenters. The Balaban J connectivity index is 1.94. The molecule has 1 amide bonds. The zero-order valence-corrected chi connectivity index (χ0v) is 16.0. The number of pyridine rings is 2. The second-order valence-corrected chi connectivity index (χ2v) is 6.89. The number of amides is 1. The summed E-state index contributed by atoms with van der Waals surface area (Å²) in [4.78, 5) is 22.9. The highest BCUT2D eigenvalue weighted by atomic mass is 35.5. The van der Waals surface area contributed by atoms with Crippen molar-refractivity contribution < 1.29 is 4.79 Å². The molecule has 0 aliphatic rings. The number of nitrogens with zero attached hydrogens (tertiary/aromatic N) is 3. The fraction of sp³-hybridized carbons (Fsp3) is 0.286. The van der Waals surface area contributed by atoms with Gasteiger partial charge in [0.2, 0.25) is 5.91 Å². The Labute approximate surface area is 158 Å². The fourth-order valence-electron chi connectivity index (χ4n) is 2.94. The van der Waals surface area contributed by atoms with Gasteiger partial charge in [0, 0.05) is 42.9 Å². The monoisotopic (exact) mass is 367 g/mol. The Hall–Kier alpha value is -2.46. The van der Waals surface area contributed by atoms with Crippen LogP contribution < -0.4 is 0 Å². The van der Waals surface area contributed by atoms with Crippen LogP contribution in [0.1, 0.15) is 35.6 Å². The van der Waals surface area contributed by atoms with Crippen LogP contribution >= 0.6 is 11.6 Å². The van der Waals surface area contributed by atoms with E-state index in [2.05, 4.69) is 29.9 Å². The Morgan fingerprint density at radius 3 is 2.62 bits per heavy atom. The first-order chi connectivity index (χ1) is 12.5. The fourth-order valence-corrected chi connectivity index (χ4v) is 3.15. The van der Waals surface area contributed by atoms with Gasteiger partial charge in [-0.2, -0.15) is 0 Å². The highest BCUT2D eigenvalue weighted by molar-refractivity contribution is 6.30. The van der Waals surface area contributed by atoms with Gasteiger partial charge in [0.05, 0.1) is 5.52 Å². The van der Waals surface area contributed by atoms with Crippen LogP contribution in [0.5, 0.6) is 0 Å². The lowest BCUT2D eigenvalue weighted by Gasteiger charge is -2.23. The van der Waals surface area contributed by atoms with E-state index in [1.54, 1.807) is 17.3 Å². The zero-order chi connectivity index (χ0) is 18.7. The third-order valence-corrected chi connectivity index (χ3v) is 4.90. The average Bonchev–Trinajstić information content (AvgIpc) is 2.63. The Morgan fingerprint density at radius 2 is 1.92 bits per heavy atom. The molecule has 3 aromatic rings. The Kier molecular flexibility index (Phi) is 5.52. The summed E-state index contributed by atoms with van der Waals surface area (Å²) in [5.41, 5.74) is 5.12. The molecule has 2 aromatic heterocycles. The van der Waals surface area contributed by atoms with Crippen molar-refractivity contribution in [2.45, 2.75) is 40.3 Å². The quantitative estimate of drug-likeness (QED) is 0.606. The third kappa shape index (κ3) is 4.02. The predicted octanol–water partition coefficient (Wildman–Crippen LogP) is 4.84. The maximum Gasteiger partial charge on any atom is 0.222 e. The third-order valence-electron chi connectivity index (χ3n) is 4.57. The summed E-state index contributed by atoms with van der Waals surface area (Å²) in [5.74, 6) is 0.0742. The van der Waals surface area contributed by atoms with Crippen molar-refractivity contribution in [2.24, 2.45) is 0 Å². The number of hydrogen-bond donors (Lipinski definition) is 0. The summed E-state index contributed by atoms with van der Waals surface area (Å²) in [6.45, 7) is 6.94. The number of hydrogen-bond acceptors (Lipinski definition) is 3. The number of benzene rings is 1. The minimum absolute atomic E-state index is 0.0742. The highest BCUT2D eigenvalue weighted by Gasteiger charge is 2.16. The maximum atomic E-state index is 12.4. The summed E-state index contributed by atoms with van der Waals surface area (Å²) in [5, 5.41) is 1.48. The topological polar surface area (TPSA) is 46.1 Å². The molecular weight excluding hydrogens is 346 g/mol. The van der Waals surface area contributed by atoms with Gasteiger partial charge >= 0.3 is 0 Å². The zero-order valence-electron chi connectivity index (χ0n) is 15.3. The molecule has 0 atom stereocenters. The molecule has 0 saturated heterocycles. The van der Waals surface area contributed by atoms with Gasteiger partial charge in [0.1, 0.15) is 5.15 Å². The van der Waals surface area contributed by atoms with Gasteiger partial charge in [-0.1, -0.05) is 24.6 Å². The van der Waals surface area contributed by atoms with Crippen molar-refractivity contribution in [3.63, 3.8) is 0 Å². The average molecular weight is 368 g/mol. The van der Waals surface area contributed by atoms with Crippen LogP contribution in [0, 0.1) is 13.8 Å². The SMILES string of the molecule is CCC(=O)N(Cc1cccnc1)Cc1cc2cc(C)c(C)cc2nc1Cl. The predicted molar refractivity (Wildman–Crippen MR) is 105 cm³/mol. The summed E-state index contributed by atoms with van der Waals surface area (Å²) < 4.78 is 0.